The van der Waals surface area contributed by atoms with Gasteiger partial charge in [0.25, 0.3) is 0 Å². The summed E-state index contributed by atoms with van der Waals surface area (Å²) in [5, 5.41) is 14.7. The summed E-state index contributed by atoms with van der Waals surface area (Å²) in [5.41, 5.74) is -1.24. The smallest absolute Gasteiger partial charge is 0.329 e. The van der Waals surface area contributed by atoms with Gasteiger partial charge < -0.3 is 24.9 Å². The topological polar surface area (TPSA) is 101 Å². The molecule has 0 aliphatic carbocycles. The van der Waals surface area contributed by atoms with Crippen LogP contribution in [0.2, 0.25) is 0 Å². The Morgan fingerprint density at radius 3 is 2.71 bits per heavy atom. The first-order valence-electron chi connectivity index (χ1n) is 6.94. The van der Waals surface area contributed by atoms with Gasteiger partial charge in [0.05, 0.1) is 6.26 Å². The van der Waals surface area contributed by atoms with E-state index in [1.807, 2.05) is 13.0 Å². The van der Waals surface area contributed by atoms with Crippen LogP contribution in [0.4, 0.5) is 4.79 Å². The van der Waals surface area contributed by atoms with Gasteiger partial charge in [-0.05, 0) is 19.1 Å². The van der Waals surface area contributed by atoms with Gasteiger partial charge in [-0.2, -0.15) is 0 Å². The molecule has 1 aromatic rings. The molecule has 1 aromatic heterocycles. The van der Waals surface area contributed by atoms with Crippen molar-refractivity contribution in [2.24, 2.45) is 0 Å². The molecule has 0 radical (unpaired) electrons. The van der Waals surface area contributed by atoms with Crippen LogP contribution in [0.5, 0.6) is 0 Å². The van der Waals surface area contributed by atoms with Crippen molar-refractivity contribution in [3.63, 3.8) is 0 Å². The van der Waals surface area contributed by atoms with Gasteiger partial charge in [0, 0.05) is 38.5 Å². The molecule has 3 N–H and O–H groups in total. The first kappa shape index (κ1) is 15.4. The maximum Gasteiger partial charge on any atom is 0.329 e. The van der Waals surface area contributed by atoms with E-state index in [1.165, 1.54) is 0 Å². The SMILES string of the molecule is CC(Cc1ccco1)NC(=O)NC1(C(=O)O)CCOCC1. The quantitative estimate of drug-likeness (QED) is 0.756. The van der Waals surface area contributed by atoms with E-state index in [0.29, 0.717) is 19.6 Å². The van der Waals surface area contributed by atoms with Crippen molar-refractivity contribution in [1.82, 2.24) is 10.6 Å². The first-order chi connectivity index (χ1) is 10.0. The molecule has 2 amide bonds. The zero-order valence-corrected chi connectivity index (χ0v) is 11.9. The highest BCUT2D eigenvalue weighted by molar-refractivity contribution is 5.86. The van der Waals surface area contributed by atoms with Crippen LogP contribution in [0.3, 0.4) is 0 Å². The number of hydrogen-bond donors (Lipinski definition) is 3. The molecule has 1 fully saturated rings. The van der Waals surface area contributed by atoms with Gasteiger partial charge in [0.1, 0.15) is 11.3 Å². The highest BCUT2D eigenvalue weighted by Gasteiger charge is 2.41. The van der Waals surface area contributed by atoms with Crippen molar-refractivity contribution in [1.29, 1.82) is 0 Å². The molecule has 0 bridgehead atoms. The number of ether oxygens (including phenoxy) is 1. The van der Waals surface area contributed by atoms with Gasteiger partial charge in [-0.15, -0.1) is 0 Å². The Morgan fingerprint density at radius 1 is 1.43 bits per heavy atom. The van der Waals surface area contributed by atoms with E-state index >= 15 is 0 Å². The molecule has 0 saturated carbocycles. The van der Waals surface area contributed by atoms with Crippen molar-refractivity contribution in [2.45, 2.75) is 37.8 Å². The number of aliphatic carboxylic acids is 1. The summed E-state index contributed by atoms with van der Waals surface area (Å²) in [6, 6.07) is 2.96. The Bertz CT molecular complexity index is 480. The van der Waals surface area contributed by atoms with E-state index in [0.717, 1.165) is 5.76 Å². The van der Waals surface area contributed by atoms with Crippen LogP contribution in [-0.4, -0.2) is 41.9 Å². The van der Waals surface area contributed by atoms with Crippen LogP contribution in [0, 0.1) is 0 Å². The molecule has 1 atom stereocenters. The van der Waals surface area contributed by atoms with E-state index < -0.39 is 17.5 Å². The van der Waals surface area contributed by atoms with Gasteiger partial charge in [-0.1, -0.05) is 0 Å². The third-order valence-corrected chi connectivity index (χ3v) is 3.57. The minimum atomic E-state index is -1.24. The predicted octanol–water partition coefficient (Wildman–Crippen LogP) is 1.14. The summed E-state index contributed by atoms with van der Waals surface area (Å²) in [4.78, 5) is 23.4. The lowest BCUT2D eigenvalue weighted by atomic mass is 9.90. The van der Waals surface area contributed by atoms with E-state index in [-0.39, 0.29) is 18.9 Å². The summed E-state index contributed by atoms with van der Waals surface area (Å²) in [6.07, 6.45) is 2.65. The number of hydrogen-bond acceptors (Lipinski definition) is 4. The molecule has 1 saturated heterocycles. The number of furan rings is 1. The van der Waals surface area contributed by atoms with E-state index in [4.69, 9.17) is 9.15 Å². The summed E-state index contributed by atoms with van der Waals surface area (Å²) >= 11 is 0. The van der Waals surface area contributed by atoms with Crippen molar-refractivity contribution in [3.8, 4) is 0 Å². The fourth-order valence-electron chi connectivity index (χ4n) is 2.37. The highest BCUT2D eigenvalue weighted by Crippen LogP contribution is 2.21. The van der Waals surface area contributed by atoms with Crippen LogP contribution < -0.4 is 10.6 Å². The molecule has 1 unspecified atom stereocenters. The third kappa shape index (κ3) is 3.98. The molecular formula is C14H20N2O5. The Kier molecular flexibility index (Phi) is 4.85. The second-order valence-corrected chi connectivity index (χ2v) is 5.28. The van der Waals surface area contributed by atoms with E-state index in [9.17, 15) is 14.7 Å². The van der Waals surface area contributed by atoms with Gasteiger partial charge in [0.2, 0.25) is 0 Å². The number of rotatable bonds is 5. The monoisotopic (exact) mass is 296 g/mol. The van der Waals surface area contributed by atoms with Gasteiger partial charge >= 0.3 is 12.0 Å². The third-order valence-electron chi connectivity index (χ3n) is 3.57. The molecule has 2 rings (SSSR count). The summed E-state index contributed by atoms with van der Waals surface area (Å²) in [5.74, 6) is -0.263. The minimum Gasteiger partial charge on any atom is -0.480 e. The minimum absolute atomic E-state index is 0.165. The molecule has 1 aliphatic rings. The molecular weight excluding hydrogens is 276 g/mol. The maximum atomic E-state index is 12.0. The molecule has 21 heavy (non-hydrogen) atoms. The lowest BCUT2D eigenvalue weighted by Gasteiger charge is -2.34. The van der Waals surface area contributed by atoms with E-state index in [1.54, 1.807) is 12.3 Å². The van der Waals surface area contributed by atoms with Crippen LogP contribution in [0.1, 0.15) is 25.5 Å². The Morgan fingerprint density at radius 2 is 2.14 bits per heavy atom. The molecule has 2 heterocycles. The van der Waals surface area contributed by atoms with Crippen molar-refractivity contribution >= 4 is 12.0 Å². The molecule has 0 aromatic carbocycles. The Balaban J connectivity index is 1.88. The number of nitrogens with one attached hydrogen (secondary N) is 2. The molecule has 7 heteroatoms. The van der Waals surface area contributed by atoms with E-state index in [2.05, 4.69) is 10.6 Å². The largest absolute Gasteiger partial charge is 0.480 e. The number of carboxylic acid groups (broad SMARTS) is 1. The van der Waals surface area contributed by atoms with Crippen molar-refractivity contribution in [3.05, 3.63) is 24.2 Å². The molecule has 7 nitrogen and oxygen atoms in total. The highest BCUT2D eigenvalue weighted by atomic mass is 16.5. The summed E-state index contributed by atoms with van der Waals surface area (Å²) in [7, 11) is 0. The predicted molar refractivity (Wildman–Crippen MR) is 74.0 cm³/mol. The second kappa shape index (κ2) is 6.62. The second-order valence-electron chi connectivity index (χ2n) is 5.28. The summed E-state index contributed by atoms with van der Waals surface area (Å²) < 4.78 is 10.4. The average Bonchev–Trinajstić information content (AvgIpc) is 2.92. The van der Waals surface area contributed by atoms with Gasteiger partial charge in [-0.3, -0.25) is 0 Å². The number of urea groups is 1. The number of carbonyl (C=O) groups excluding carboxylic acids is 1. The van der Waals surface area contributed by atoms with Crippen molar-refractivity contribution in [2.75, 3.05) is 13.2 Å². The van der Waals surface area contributed by atoms with Gasteiger partial charge in [-0.25, -0.2) is 9.59 Å². The number of carboxylic acids is 1. The Hall–Kier alpha value is -2.02. The number of carbonyl (C=O) groups is 2. The fraction of sp³-hybridized carbons (Fsp3) is 0.571. The lowest BCUT2D eigenvalue weighted by Crippen LogP contribution is -2.60. The molecule has 1 aliphatic heterocycles. The fourth-order valence-corrected chi connectivity index (χ4v) is 2.37. The Labute approximate surface area is 122 Å². The average molecular weight is 296 g/mol. The lowest BCUT2D eigenvalue weighted by molar-refractivity contribution is -0.148. The van der Waals surface area contributed by atoms with Crippen LogP contribution >= 0.6 is 0 Å². The van der Waals surface area contributed by atoms with Crippen LogP contribution in [0.25, 0.3) is 0 Å². The maximum absolute atomic E-state index is 12.0. The standard InChI is InChI=1S/C14H20N2O5/c1-10(9-11-3-2-6-21-11)15-13(19)16-14(12(17)18)4-7-20-8-5-14/h2-3,6,10H,4-5,7-9H2,1H3,(H,17,18)(H2,15,16,19). The zero-order valence-electron chi connectivity index (χ0n) is 11.9. The number of amides is 2. The van der Waals surface area contributed by atoms with Crippen LogP contribution in [-0.2, 0) is 16.0 Å². The van der Waals surface area contributed by atoms with Crippen molar-refractivity contribution < 1.29 is 23.8 Å². The molecule has 116 valence electrons. The van der Waals surface area contributed by atoms with Crippen LogP contribution in [0.15, 0.2) is 22.8 Å². The molecule has 0 spiro atoms. The summed E-state index contributed by atoms with van der Waals surface area (Å²) in [6.45, 7) is 2.49. The normalized spacial score (nSPS) is 18.7. The zero-order chi connectivity index (χ0) is 15.3. The first-order valence-corrected chi connectivity index (χ1v) is 6.94. The van der Waals surface area contributed by atoms with Gasteiger partial charge in [0.15, 0.2) is 0 Å².